The van der Waals surface area contributed by atoms with Gasteiger partial charge in [-0.3, -0.25) is 14.6 Å². The molecule has 3 heterocycles. The summed E-state index contributed by atoms with van der Waals surface area (Å²) >= 11 is 7.27. The van der Waals surface area contributed by atoms with Crippen molar-refractivity contribution in [2.24, 2.45) is 0 Å². The molecule has 1 amide bonds. The summed E-state index contributed by atoms with van der Waals surface area (Å²) in [7, 11) is 0. The van der Waals surface area contributed by atoms with Crippen LogP contribution in [0, 0.1) is 0 Å². The van der Waals surface area contributed by atoms with Crippen molar-refractivity contribution >= 4 is 29.0 Å². The van der Waals surface area contributed by atoms with Gasteiger partial charge in [0.2, 0.25) is 5.91 Å². The fraction of sp³-hybridized carbons (Fsp3) is 0.769. The number of hydrogen-bond acceptors (Lipinski definition) is 6. The number of halogens is 1. The van der Waals surface area contributed by atoms with Crippen LogP contribution in [0.3, 0.4) is 0 Å². The van der Waals surface area contributed by atoms with Crippen LogP contribution in [0.15, 0.2) is 0 Å². The minimum Gasteiger partial charge on any atom is -0.342 e. The van der Waals surface area contributed by atoms with Gasteiger partial charge in [0, 0.05) is 57.3 Å². The van der Waals surface area contributed by atoms with E-state index in [0.717, 1.165) is 64.3 Å². The molecule has 2 aliphatic rings. The van der Waals surface area contributed by atoms with E-state index in [2.05, 4.69) is 19.4 Å². The van der Waals surface area contributed by atoms with Crippen LogP contribution in [0.1, 0.15) is 18.5 Å². The van der Waals surface area contributed by atoms with E-state index in [-0.39, 0.29) is 5.91 Å². The van der Waals surface area contributed by atoms with Crippen molar-refractivity contribution in [1.29, 1.82) is 0 Å². The monoisotopic (exact) mass is 329 g/mol. The molecule has 116 valence electrons. The third-order valence-electron chi connectivity index (χ3n) is 4.17. The number of carbonyl (C=O) groups is 1. The Morgan fingerprint density at radius 3 is 2.38 bits per heavy atom. The van der Waals surface area contributed by atoms with Gasteiger partial charge in [-0.25, -0.2) is 0 Å². The molecule has 8 heteroatoms. The molecule has 21 heavy (non-hydrogen) atoms. The number of rotatable bonds is 4. The van der Waals surface area contributed by atoms with Crippen LogP contribution < -0.4 is 0 Å². The van der Waals surface area contributed by atoms with E-state index in [1.807, 2.05) is 4.90 Å². The fourth-order valence-corrected chi connectivity index (χ4v) is 3.48. The highest BCUT2D eigenvalue weighted by Crippen LogP contribution is 2.19. The molecular formula is C13H20ClN5OS. The number of hydrogen-bond donors (Lipinski definition) is 0. The average molecular weight is 330 g/mol. The molecule has 0 spiro atoms. The van der Waals surface area contributed by atoms with E-state index >= 15 is 0 Å². The molecule has 0 aliphatic carbocycles. The van der Waals surface area contributed by atoms with Crippen LogP contribution in [-0.4, -0.2) is 76.0 Å². The molecule has 0 N–H and O–H groups in total. The van der Waals surface area contributed by atoms with Crippen LogP contribution in [0.25, 0.3) is 0 Å². The lowest BCUT2D eigenvalue weighted by Gasteiger charge is -2.34. The van der Waals surface area contributed by atoms with Crippen LogP contribution in [0.2, 0.25) is 4.34 Å². The molecule has 0 aromatic carbocycles. The minimum absolute atomic E-state index is 0.285. The van der Waals surface area contributed by atoms with Gasteiger partial charge in [-0.05, 0) is 12.8 Å². The van der Waals surface area contributed by atoms with Crippen molar-refractivity contribution in [2.75, 3.05) is 45.8 Å². The molecule has 1 aromatic rings. The first-order valence-electron chi connectivity index (χ1n) is 7.41. The Morgan fingerprint density at radius 2 is 1.76 bits per heavy atom. The average Bonchev–Trinajstić information content (AvgIpc) is 3.14. The first kappa shape index (κ1) is 15.1. The Morgan fingerprint density at radius 1 is 1.10 bits per heavy atom. The van der Waals surface area contributed by atoms with Gasteiger partial charge in [0.05, 0.1) is 6.54 Å². The first-order valence-corrected chi connectivity index (χ1v) is 8.57. The largest absolute Gasteiger partial charge is 0.342 e. The zero-order valence-electron chi connectivity index (χ0n) is 12.0. The molecule has 3 rings (SSSR count). The van der Waals surface area contributed by atoms with E-state index in [1.165, 1.54) is 11.5 Å². The molecule has 0 unspecified atom stereocenters. The summed E-state index contributed by atoms with van der Waals surface area (Å²) in [6, 6.07) is 0. The lowest BCUT2D eigenvalue weighted by molar-refractivity contribution is -0.131. The van der Waals surface area contributed by atoms with E-state index < -0.39 is 0 Å². The summed E-state index contributed by atoms with van der Waals surface area (Å²) in [5.41, 5.74) is 0.864. The van der Waals surface area contributed by atoms with Crippen molar-refractivity contribution in [3.63, 3.8) is 0 Å². The lowest BCUT2D eigenvalue weighted by atomic mass is 10.3. The normalized spacial score (nSPS) is 21.1. The minimum atomic E-state index is 0.285. The SMILES string of the molecule is O=C(CN1CCN(Cc2nnsc2Cl)CC1)N1CCCC1. The van der Waals surface area contributed by atoms with Gasteiger partial charge in [0.25, 0.3) is 0 Å². The summed E-state index contributed by atoms with van der Waals surface area (Å²) in [6.07, 6.45) is 2.31. The summed E-state index contributed by atoms with van der Waals surface area (Å²) in [6.45, 7) is 6.93. The molecule has 0 radical (unpaired) electrons. The second-order valence-electron chi connectivity index (χ2n) is 5.63. The molecule has 2 fully saturated rings. The number of aromatic nitrogens is 2. The standard InChI is InChI=1S/C13H20ClN5OS/c14-13-11(15-16-21-13)9-17-5-7-18(8-6-17)10-12(20)19-3-1-2-4-19/h1-10H2. The topological polar surface area (TPSA) is 52.6 Å². The molecule has 0 atom stereocenters. The van der Waals surface area contributed by atoms with Crippen molar-refractivity contribution in [3.8, 4) is 0 Å². The Kier molecular flexibility index (Phi) is 5.05. The van der Waals surface area contributed by atoms with Crippen LogP contribution in [0.5, 0.6) is 0 Å². The van der Waals surface area contributed by atoms with Crippen LogP contribution in [-0.2, 0) is 11.3 Å². The molecule has 1 aromatic heterocycles. The van der Waals surface area contributed by atoms with Crippen molar-refractivity contribution in [1.82, 2.24) is 24.3 Å². The Bertz CT molecular complexity index is 483. The smallest absolute Gasteiger partial charge is 0.236 e. The third kappa shape index (κ3) is 3.91. The zero-order chi connectivity index (χ0) is 14.7. The number of piperazine rings is 1. The van der Waals surface area contributed by atoms with E-state index in [0.29, 0.717) is 10.9 Å². The summed E-state index contributed by atoms with van der Waals surface area (Å²) in [4.78, 5) is 18.7. The second kappa shape index (κ2) is 7.00. The Balaban J connectivity index is 1.42. The molecule has 2 aliphatic heterocycles. The zero-order valence-corrected chi connectivity index (χ0v) is 13.6. The van der Waals surface area contributed by atoms with Gasteiger partial charge in [0.15, 0.2) is 0 Å². The highest BCUT2D eigenvalue weighted by molar-refractivity contribution is 7.10. The maximum atomic E-state index is 12.1. The highest BCUT2D eigenvalue weighted by Gasteiger charge is 2.24. The maximum absolute atomic E-state index is 12.1. The van der Waals surface area contributed by atoms with Crippen molar-refractivity contribution in [3.05, 3.63) is 10.0 Å². The molecular weight excluding hydrogens is 310 g/mol. The van der Waals surface area contributed by atoms with E-state index in [1.54, 1.807) is 0 Å². The first-order chi connectivity index (χ1) is 10.2. The summed E-state index contributed by atoms with van der Waals surface area (Å²) in [5, 5.41) is 4.05. The van der Waals surface area contributed by atoms with E-state index in [4.69, 9.17) is 11.6 Å². The molecule has 6 nitrogen and oxygen atoms in total. The van der Waals surface area contributed by atoms with Gasteiger partial charge in [-0.15, -0.1) is 5.10 Å². The highest BCUT2D eigenvalue weighted by atomic mass is 35.5. The van der Waals surface area contributed by atoms with Crippen LogP contribution >= 0.6 is 23.1 Å². The van der Waals surface area contributed by atoms with Gasteiger partial charge in [0.1, 0.15) is 10.0 Å². The third-order valence-corrected chi connectivity index (χ3v) is 5.15. The maximum Gasteiger partial charge on any atom is 0.236 e. The number of amides is 1. The molecule has 2 saturated heterocycles. The van der Waals surface area contributed by atoms with Crippen LogP contribution in [0.4, 0.5) is 0 Å². The van der Waals surface area contributed by atoms with Gasteiger partial charge in [-0.2, -0.15) is 0 Å². The predicted octanol–water partition coefficient (Wildman–Crippen LogP) is 0.931. The van der Waals surface area contributed by atoms with E-state index in [9.17, 15) is 4.79 Å². The summed E-state index contributed by atoms with van der Waals surface area (Å²) < 4.78 is 4.54. The number of carbonyl (C=O) groups excluding carboxylic acids is 1. The van der Waals surface area contributed by atoms with Crippen molar-refractivity contribution in [2.45, 2.75) is 19.4 Å². The molecule has 0 bridgehead atoms. The summed E-state index contributed by atoms with van der Waals surface area (Å²) in [5.74, 6) is 0.285. The van der Waals surface area contributed by atoms with Crippen molar-refractivity contribution < 1.29 is 4.79 Å². The fourth-order valence-electron chi connectivity index (χ4n) is 2.87. The second-order valence-corrected chi connectivity index (χ2v) is 6.99. The van der Waals surface area contributed by atoms with Gasteiger partial charge in [-0.1, -0.05) is 16.1 Å². The lowest BCUT2D eigenvalue weighted by Crippen LogP contribution is -2.49. The quantitative estimate of drug-likeness (QED) is 0.822. The number of nitrogens with zero attached hydrogens (tertiary/aromatic N) is 5. The van der Waals surface area contributed by atoms with Gasteiger partial charge >= 0.3 is 0 Å². The predicted molar refractivity (Wildman–Crippen MR) is 82.5 cm³/mol. The Hall–Kier alpha value is -0.760. The number of likely N-dealkylation sites (tertiary alicyclic amines) is 1. The Labute approximate surface area is 133 Å². The van der Waals surface area contributed by atoms with Gasteiger partial charge < -0.3 is 4.90 Å². The molecule has 0 saturated carbocycles.